The van der Waals surface area contributed by atoms with Gasteiger partial charge >= 0.3 is 0 Å². The lowest BCUT2D eigenvalue weighted by Crippen LogP contribution is -1.88. The highest BCUT2D eigenvalue weighted by atomic mass is 16.3. The Morgan fingerprint density at radius 3 is 2.62 bits per heavy atom. The molecule has 0 atom stereocenters. The summed E-state index contributed by atoms with van der Waals surface area (Å²) in [6.45, 7) is 0. The second kappa shape index (κ2) is 2.86. The molecule has 3 N–H and O–H groups in total. The van der Waals surface area contributed by atoms with Crippen LogP contribution in [0.3, 0.4) is 0 Å². The van der Waals surface area contributed by atoms with E-state index in [0.717, 1.165) is 11.3 Å². The maximum Gasteiger partial charge on any atom is 0.159 e. The molecule has 3 nitrogen and oxygen atoms in total. The number of allylic oxidation sites excluding steroid dienone is 2. The fourth-order valence-electron chi connectivity index (χ4n) is 1.21. The Balaban J connectivity index is 2.58. The molecule has 0 bridgehead atoms. The summed E-state index contributed by atoms with van der Waals surface area (Å²) >= 11 is 0. The molecule has 0 spiro atoms. The standard InChI is InChI=1S/C10H9NO2/c12-9-5-7-3-1-2-4-11-8(7)6-10(9)13/h1-6,11-13H. The van der Waals surface area contributed by atoms with Gasteiger partial charge in [-0.3, -0.25) is 0 Å². The van der Waals surface area contributed by atoms with Gasteiger partial charge in [-0.1, -0.05) is 12.2 Å². The zero-order valence-electron chi connectivity index (χ0n) is 6.86. The summed E-state index contributed by atoms with van der Waals surface area (Å²) in [5.41, 5.74) is 1.63. The Bertz CT molecular complexity index is 394. The van der Waals surface area contributed by atoms with Crippen LogP contribution in [0.4, 0.5) is 5.69 Å². The number of phenols is 2. The molecule has 0 radical (unpaired) electrons. The van der Waals surface area contributed by atoms with Crippen molar-refractivity contribution in [2.75, 3.05) is 5.32 Å². The molecule has 13 heavy (non-hydrogen) atoms. The summed E-state index contributed by atoms with van der Waals surface area (Å²) in [4.78, 5) is 0. The number of anilines is 1. The van der Waals surface area contributed by atoms with E-state index in [1.165, 1.54) is 12.1 Å². The van der Waals surface area contributed by atoms with Crippen molar-refractivity contribution < 1.29 is 10.2 Å². The predicted molar refractivity (Wildman–Crippen MR) is 51.6 cm³/mol. The molecule has 0 aliphatic carbocycles. The first-order chi connectivity index (χ1) is 6.27. The first-order valence-electron chi connectivity index (χ1n) is 3.93. The molecule has 1 heterocycles. The van der Waals surface area contributed by atoms with Crippen molar-refractivity contribution in [3.63, 3.8) is 0 Å². The second-order valence-corrected chi connectivity index (χ2v) is 2.79. The van der Waals surface area contributed by atoms with Crippen molar-refractivity contribution in [3.8, 4) is 11.5 Å². The van der Waals surface area contributed by atoms with E-state index >= 15 is 0 Å². The normalized spacial score (nSPS) is 13.2. The molecule has 0 amide bonds. The van der Waals surface area contributed by atoms with Crippen molar-refractivity contribution in [2.45, 2.75) is 0 Å². The quantitative estimate of drug-likeness (QED) is 0.418. The highest BCUT2D eigenvalue weighted by Gasteiger charge is 2.06. The van der Waals surface area contributed by atoms with Gasteiger partial charge in [0.15, 0.2) is 11.5 Å². The summed E-state index contributed by atoms with van der Waals surface area (Å²) in [7, 11) is 0. The van der Waals surface area contributed by atoms with E-state index in [-0.39, 0.29) is 11.5 Å². The molecular formula is C10H9NO2. The van der Waals surface area contributed by atoms with Crippen LogP contribution in [0.25, 0.3) is 6.08 Å². The van der Waals surface area contributed by atoms with Crippen LogP contribution < -0.4 is 5.32 Å². The van der Waals surface area contributed by atoms with Crippen LogP contribution in [0.1, 0.15) is 5.56 Å². The number of aromatic hydroxyl groups is 2. The Morgan fingerprint density at radius 1 is 1.00 bits per heavy atom. The number of phenolic OH excluding ortho intramolecular Hbond substituents is 2. The number of hydrogen-bond acceptors (Lipinski definition) is 3. The number of rotatable bonds is 0. The highest BCUT2D eigenvalue weighted by molar-refractivity contribution is 5.73. The third kappa shape index (κ3) is 1.36. The smallest absolute Gasteiger partial charge is 0.159 e. The molecule has 1 aliphatic heterocycles. The molecule has 0 saturated carbocycles. The van der Waals surface area contributed by atoms with Crippen molar-refractivity contribution >= 4 is 11.8 Å². The van der Waals surface area contributed by atoms with Crippen LogP contribution in [0.2, 0.25) is 0 Å². The number of benzene rings is 1. The van der Waals surface area contributed by atoms with Crippen LogP contribution in [0.15, 0.2) is 30.5 Å². The van der Waals surface area contributed by atoms with E-state index in [0.29, 0.717) is 0 Å². The molecule has 2 rings (SSSR count). The van der Waals surface area contributed by atoms with E-state index in [4.69, 9.17) is 0 Å². The lowest BCUT2D eigenvalue weighted by Gasteiger charge is -2.06. The third-order valence-electron chi connectivity index (χ3n) is 1.87. The van der Waals surface area contributed by atoms with Crippen LogP contribution in [-0.4, -0.2) is 10.2 Å². The van der Waals surface area contributed by atoms with Crippen LogP contribution >= 0.6 is 0 Å². The van der Waals surface area contributed by atoms with Gasteiger partial charge in [0.05, 0.1) is 0 Å². The summed E-state index contributed by atoms with van der Waals surface area (Å²) in [6, 6.07) is 3.01. The fourth-order valence-corrected chi connectivity index (χ4v) is 1.21. The molecule has 3 heteroatoms. The largest absolute Gasteiger partial charge is 0.504 e. The monoisotopic (exact) mass is 175 g/mol. The minimum absolute atomic E-state index is 0.105. The van der Waals surface area contributed by atoms with Gasteiger partial charge in [0.25, 0.3) is 0 Å². The Labute approximate surface area is 75.6 Å². The first kappa shape index (κ1) is 7.73. The van der Waals surface area contributed by atoms with Crippen LogP contribution in [-0.2, 0) is 0 Å². The van der Waals surface area contributed by atoms with E-state index < -0.39 is 0 Å². The van der Waals surface area contributed by atoms with Crippen LogP contribution in [0, 0.1) is 0 Å². The van der Waals surface area contributed by atoms with E-state index in [9.17, 15) is 10.2 Å². The minimum atomic E-state index is -0.116. The number of hydrogen-bond donors (Lipinski definition) is 3. The van der Waals surface area contributed by atoms with Crippen molar-refractivity contribution in [1.29, 1.82) is 0 Å². The highest BCUT2D eigenvalue weighted by Crippen LogP contribution is 2.32. The van der Waals surface area contributed by atoms with E-state index in [1.807, 2.05) is 18.2 Å². The Hall–Kier alpha value is -1.90. The van der Waals surface area contributed by atoms with Gasteiger partial charge in [0.1, 0.15) is 0 Å². The van der Waals surface area contributed by atoms with Crippen molar-refractivity contribution in [3.05, 3.63) is 36.0 Å². The molecule has 1 aromatic carbocycles. The summed E-state index contributed by atoms with van der Waals surface area (Å²) in [6.07, 6.45) is 7.31. The Morgan fingerprint density at radius 2 is 1.77 bits per heavy atom. The number of fused-ring (bicyclic) bond motifs is 1. The molecule has 0 saturated heterocycles. The van der Waals surface area contributed by atoms with E-state index in [1.54, 1.807) is 6.20 Å². The van der Waals surface area contributed by atoms with Gasteiger partial charge in [0, 0.05) is 23.5 Å². The third-order valence-corrected chi connectivity index (χ3v) is 1.87. The number of nitrogens with one attached hydrogen (secondary N) is 1. The van der Waals surface area contributed by atoms with Gasteiger partial charge in [-0.05, 0) is 12.1 Å². The Kier molecular flexibility index (Phi) is 1.70. The lowest BCUT2D eigenvalue weighted by molar-refractivity contribution is 0.404. The van der Waals surface area contributed by atoms with Crippen LogP contribution in [0.5, 0.6) is 11.5 Å². The molecule has 0 fully saturated rings. The summed E-state index contributed by atoms with van der Waals surface area (Å²) < 4.78 is 0. The van der Waals surface area contributed by atoms with Gasteiger partial charge in [0.2, 0.25) is 0 Å². The summed E-state index contributed by atoms with van der Waals surface area (Å²) in [5, 5.41) is 21.4. The lowest BCUT2D eigenvalue weighted by atomic mass is 10.1. The van der Waals surface area contributed by atoms with Crippen molar-refractivity contribution in [1.82, 2.24) is 0 Å². The zero-order valence-corrected chi connectivity index (χ0v) is 6.86. The van der Waals surface area contributed by atoms with Gasteiger partial charge in [-0.15, -0.1) is 0 Å². The zero-order chi connectivity index (χ0) is 9.26. The molecule has 1 aliphatic rings. The fraction of sp³-hybridized carbons (Fsp3) is 0. The van der Waals surface area contributed by atoms with Crippen molar-refractivity contribution in [2.24, 2.45) is 0 Å². The maximum absolute atomic E-state index is 9.24. The van der Waals surface area contributed by atoms with Gasteiger partial charge in [-0.2, -0.15) is 0 Å². The average Bonchev–Trinajstić information content (AvgIpc) is 2.31. The molecular weight excluding hydrogens is 166 g/mol. The second-order valence-electron chi connectivity index (χ2n) is 2.79. The molecule has 0 aromatic heterocycles. The topological polar surface area (TPSA) is 52.5 Å². The average molecular weight is 175 g/mol. The minimum Gasteiger partial charge on any atom is -0.504 e. The first-order valence-corrected chi connectivity index (χ1v) is 3.93. The van der Waals surface area contributed by atoms with Gasteiger partial charge in [-0.25, -0.2) is 0 Å². The predicted octanol–water partition coefficient (Wildman–Crippen LogP) is 2.05. The van der Waals surface area contributed by atoms with Gasteiger partial charge < -0.3 is 15.5 Å². The SMILES string of the molecule is Oc1cc2c(cc1O)NC=CC=C2. The molecule has 66 valence electrons. The summed E-state index contributed by atoms with van der Waals surface area (Å²) in [5.74, 6) is -0.220. The van der Waals surface area contributed by atoms with E-state index in [2.05, 4.69) is 5.32 Å². The molecule has 0 unspecified atom stereocenters. The maximum atomic E-state index is 9.24. The molecule has 1 aromatic rings.